The molecule has 0 radical (unpaired) electrons. The molecular formula is C14H20FN. The minimum atomic E-state index is -0.143. The lowest BCUT2D eigenvalue weighted by atomic mass is 10.0. The van der Waals surface area contributed by atoms with Gasteiger partial charge in [-0.1, -0.05) is 34.3 Å². The van der Waals surface area contributed by atoms with E-state index in [0.717, 1.165) is 16.9 Å². The van der Waals surface area contributed by atoms with Crippen molar-refractivity contribution in [3.8, 4) is 0 Å². The minimum absolute atomic E-state index is 0.143. The summed E-state index contributed by atoms with van der Waals surface area (Å²) in [5.74, 6) is 0.414. The number of hydrogen-bond acceptors (Lipinski definition) is 1. The maximum absolute atomic E-state index is 13.5. The largest absolute Gasteiger partial charge is 0.359 e. The van der Waals surface area contributed by atoms with Crippen molar-refractivity contribution in [2.45, 2.75) is 33.6 Å². The van der Waals surface area contributed by atoms with Crippen LogP contribution in [0.5, 0.6) is 0 Å². The second-order valence-electron chi connectivity index (χ2n) is 4.70. The molecule has 1 nitrogen and oxygen atoms in total. The van der Waals surface area contributed by atoms with Crippen LogP contribution in [-0.2, 0) is 0 Å². The zero-order valence-corrected chi connectivity index (χ0v) is 10.5. The number of allylic oxidation sites excluding steroid dienone is 1. The number of benzene rings is 1. The molecule has 0 saturated heterocycles. The van der Waals surface area contributed by atoms with Gasteiger partial charge in [-0.3, -0.25) is 0 Å². The maximum Gasteiger partial charge on any atom is 0.126 e. The SMILES string of the molecule is C=C(Nc1ccc(F)c(C(C)C)c1)C(C)C. The van der Waals surface area contributed by atoms with Crippen molar-refractivity contribution in [2.24, 2.45) is 5.92 Å². The zero-order valence-electron chi connectivity index (χ0n) is 10.5. The van der Waals surface area contributed by atoms with Crippen LogP contribution in [0.4, 0.5) is 10.1 Å². The van der Waals surface area contributed by atoms with E-state index < -0.39 is 0 Å². The molecule has 1 N–H and O–H groups in total. The van der Waals surface area contributed by atoms with Gasteiger partial charge in [0.1, 0.15) is 5.82 Å². The predicted octanol–water partition coefficient (Wildman–Crippen LogP) is 4.53. The molecule has 88 valence electrons. The highest BCUT2D eigenvalue weighted by Crippen LogP contribution is 2.23. The lowest BCUT2D eigenvalue weighted by Crippen LogP contribution is -2.05. The molecule has 0 amide bonds. The molecule has 0 atom stereocenters. The van der Waals surface area contributed by atoms with Crippen LogP contribution in [0.15, 0.2) is 30.5 Å². The first-order chi connectivity index (χ1) is 7.41. The van der Waals surface area contributed by atoms with Crippen molar-refractivity contribution in [1.29, 1.82) is 0 Å². The monoisotopic (exact) mass is 221 g/mol. The lowest BCUT2D eigenvalue weighted by Gasteiger charge is -2.15. The summed E-state index contributed by atoms with van der Waals surface area (Å²) < 4.78 is 13.5. The average molecular weight is 221 g/mol. The lowest BCUT2D eigenvalue weighted by molar-refractivity contribution is 0.598. The molecule has 0 aliphatic carbocycles. The van der Waals surface area contributed by atoms with E-state index in [1.165, 1.54) is 6.07 Å². The fourth-order valence-corrected chi connectivity index (χ4v) is 1.39. The molecule has 0 bridgehead atoms. The fourth-order valence-electron chi connectivity index (χ4n) is 1.39. The van der Waals surface area contributed by atoms with Gasteiger partial charge in [-0.2, -0.15) is 0 Å². The van der Waals surface area contributed by atoms with Gasteiger partial charge >= 0.3 is 0 Å². The number of anilines is 1. The van der Waals surface area contributed by atoms with Crippen molar-refractivity contribution in [3.63, 3.8) is 0 Å². The molecule has 0 heterocycles. The Morgan fingerprint density at radius 1 is 1.25 bits per heavy atom. The molecule has 1 aromatic carbocycles. The van der Waals surface area contributed by atoms with Crippen molar-refractivity contribution in [3.05, 3.63) is 41.9 Å². The predicted molar refractivity (Wildman–Crippen MR) is 68.1 cm³/mol. The molecule has 0 aliphatic rings. The van der Waals surface area contributed by atoms with E-state index in [0.29, 0.717) is 5.92 Å². The molecule has 0 fully saturated rings. The summed E-state index contributed by atoms with van der Waals surface area (Å²) in [6.45, 7) is 12.1. The van der Waals surface area contributed by atoms with Gasteiger partial charge in [0.2, 0.25) is 0 Å². The van der Waals surface area contributed by atoms with E-state index in [1.54, 1.807) is 6.07 Å². The van der Waals surface area contributed by atoms with E-state index >= 15 is 0 Å². The van der Waals surface area contributed by atoms with Gasteiger partial charge < -0.3 is 5.32 Å². The molecule has 0 saturated carbocycles. The molecule has 1 rings (SSSR count). The minimum Gasteiger partial charge on any atom is -0.359 e. The third kappa shape index (κ3) is 3.09. The topological polar surface area (TPSA) is 12.0 Å². The highest BCUT2D eigenvalue weighted by molar-refractivity contribution is 5.51. The number of halogens is 1. The summed E-state index contributed by atoms with van der Waals surface area (Å²) in [6, 6.07) is 5.10. The highest BCUT2D eigenvalue weighted by atomic mass is 19.1. The molecule has 1 aromatic rings. The third-order valence-electron chi connectivity index (χ3n) is 2.62. The molecule has 16 heavy (non-hydrogen) atoms. The van der Waals surface area contributed by atoms with Gasteiger partial charge in [-0.05, 0) is 35.6 Å². The van der Waals surface area contributed by atoms with Crippen LogP contribution in [0.2, 0.25) is 0 Å². The molecule has 0 aliphatic heterocycles. The Bertz CT molecular complexity index is 380. The van der Waals surface area contributed by atoms with Crippen molar-refractivity contribution >= 4 is 5.69 Å². The van der Waals surface area contributed by atoms with E-state index in [9.17, 15) is 4.39 Å². The molecule has 0 spiro atoms. The van der Waals surface area contributed by atoms with Gasteiger partial charge in [0.15, 0.2) is 0 Å². The first-order valence-corrected chi connectivity index (χ1v) is 5.67. The van der Waals surface area contributed by atoms with Crippen LogP contribution in [0.1, 0.15) is 39.2 Å². The van der Waals surface area contributed by atoms with Crippen LogP contribution in [0.3, 0.4) is 0 Å². The second-order valence-corrected chi connectivity index (χ2v) is 4.70. The van der Waals surface area contributed by atoms with Crippen molar-refractivity contribution in [2.75, 3.05) is 5.32 Å². The molecule has 0 unspecified atom stereocenters. The summed E-state index contributed by atoms with van der Waals surface area (Å²) in [6.07, 6.45) is 0. The maximum atomic E-state index is 13.5. The van der Waals surface area contributed by atoms with E-state index in [1.807, 2.05) is 19.9 Å². The molecule has 0 aromatic heterocycles. The van der Waals surface area contributed by atoms with Crippen LogP contribution in [0.25, 0.3) is 0 Å². The summed E-state index contributed by atoms with van der Waals surface area (Å²) in [5.41, 5.74) is 2.59. The summed E-state index contributed by atoms with van der Waals surface area (Å²) in [5, 5.41) is 3.20. The van der Waals surface area contributed by atoms with Gasteiger partial charge in [-0.15, -0.1) is 0 Å². The van der Waals surface area contributed by atoms with Gasteiger partial charge in [0.05, 0.1) is 0 Å². The van der Waals surface area contributed by atoms with Crippen LogP contribution in [0, 0.1) is 11.7 Å². The van der Waals surface area contributed by atoms with Gasteiger partial charge in [0.25, 0.3) is 0 Å². The second kappa shape index (κ2) is 5.15. The summed E-state index contributed by atoms with van der Waals surface area (Å²) in [7, 11) is 0. The smallest absolute Gasteiger partial charge is 0.126 e. The quantitative estimate of drug-likeness (QED) is 0.787. The Morgan fingerprint density at radius 2 is 1.88 bits per heavy atom. The Labute approximate surface area is 97.4 Å². The van der Waals surface area contributed by atoms with Crippen LogP contribution < -0.4 is 5.32 Å². The first kappa shape index (κ1) is 12.8. The Morgan fingerprint density at radius 3 is 2.38 bits per heavy atom. The van der Waals surface area contributed by atoms with Gasteiger partial charge in [-0.25, -0.2) is 4.39 Å². The van der Waals surface area contributed by atoms with E-state index in [4.69, 9.17) is 0 Å². The first-order valence-electron chi connectivity index (χ1n) is 5.67. The van der Waals surface area contributed by atoms with Crippen LogP contribution in [-0.4, -0.2) is 0 Å². The highest BCUT2D eigenvalue weighted by Gasteiger charge is 2.08. The Balaban J connectivity index is 2.91. The number of rotatable bonds is 4. The normalized spacial score (nSPS) is 10.9. The number of hydrogen-bond donors (Lipinski definition) is 1. The Hall–Kier alpha value is -1.31. The third-order valence-corrected chi connectivity index (χ3v) is 2.62. The summed E-state index contributed by atoms with van der Waals surface area (Å²) >= 11 is 0. The number of nitrogens with one attached hydrogen (secondary N) is 1. The van der Waals surface area contributed by atoms with Crippen molar-refractivity contribution in [1.82, 2.24) is 0 Å². The fraction of sp³-hybridized carbons (Fsp3) is 0.429. The zero-order chi connectivity index (χ0) is 12.3. The van der Waals surface area contributed by atoms with Gasteiger partial charge in [0, 0.05) is 11.4 Å². The van der Waals surface area contributed by atoms with E-state index in [-0.39, 0.29) is 11.7 Å². The standard InChI is InChI=1S/C14H20FN/c1-9(2)11(5)16-12-6-7-14(15)13(8-12)10(3)4/h6-10,16H,5H2,1-4H3. The van der Waals surface area contributed by atoms with Crippen molar-refractivity contribution < 1.29 is 4.39 Å². The molecular weight excluding hydrogens is 201 g/mol. The Kier molecular flexibility index (Phi) is 4.11. The average Bonchev–Trinajstić information content (AvgIpc) is 2.20. The van der Waals surface area contributed by atoms with Crippen LogP contribution >= 0.6 is 0 Å². The molecule has 2 heteroatoms. The van der Waals surface area contributed by atoms with E-state index in [2.05, 4.69) is 25.7 Å². The summed E-state index contributed by atoms with van der Waals surface area (Å²) in [4.78, 5) is 0.